The van der Waals surface area contributed by atoms with Crippen molar-refractivity contribution in [1.82, 2.24) is 9.80 Å². The Morgan fingerprint density at radius 2 is 1.78 bits per heavy atom. The Kier molecular flexibility index (Phi) is 6.05. The number of imide groups is 2. The minimum Gasteiger partial charge on any atom is -0.504 e. The summed E-state index contributed by atoms with van der Waals surface area (Å²) in [6.45, 7) is 5.41. The molecule has 1 aromatic carbocycles. The quantitative estimate of drug-likeness (QED) is 0.240. The number of alkyl halides is 3. The molecule has 5 rings (SSSR count). The lowest BCUT2D eigenvalue weighted by Gasteiger charge is -2.50. The number of aromatic hydroxyl groups is 1. The molecule has 3 fully saturated rings. The number of likely N-dealkylation sites (tertiary alicyclic amines) is 2. The second kappa shape index (κ2) is 8.45. The summed E-state index contributed by atoms with van der Waals surface area (Å²) < 4.78 is 5.18. The first-order valence-electron chi connectivity index (χ1n) is 12.0. The van der Waals surface area contributed by atoms with E-state index in [4.69, 9.17) is 27.9 Å². The Morgan fingerprint density at radius 1 is 1.11 bits per heavy atom. The molecule has 0 spiro atoms. The second-order valence-electron chi connectivity index (χ2n) is 11.1. The molecule has 0 bridgehead atoms. The smallest absolute Gasteiger partial charge is 0.254 e. The molecule has 1 aromatic rings. The molecule has 6 atom stereocenters. The van der Waals surface area contributed by atoms with Crippen LogP contribution in [0.3, 0.4) is 0 Å². The van der Waals surface area contributed by atoms with Gasteiger partial charge in [-0.2, -0.15) is 0 Å². The predicted octanol–water partition coefficient (Wildman–Crippen LogP) is 3.91. The Bertz CT molecular complexity index is 1280. The number of benzene rings is 1. The number of hydrogen-bond acceptors (Lipinski definition) is 6. The van der Waals surface area contributed by atoms with Crippen LogP contribution < -0.4 is 4.74 Å². The first-order valence-corrected chi connectivity index (χ1v) is 13.9. The van der Waals surface area contributed by atoms with Crippen LogP contribution in [0.4, 0.5) is 0 Å². The minimum atomic E-state index is -1.91. The van der Waals surface area contributed by atoms with Crippen molar-refractivity contribution in [2.75, 3.05) is 12.6 Å². The summed E-state index contributed by atoms with van der Waals surface area (Å²) in [5, 5.41) is 10.6. The Hall–Kier alpha value is -2.10. The van der Waals surface area contributed by atoms with E-state index >= 15 is 0 Å². The number of carbonyl (C=O) groups excluding carboxylic acids is 4. The lowest BCUT2D eigenvalue weighted by molar-refractivity contribution is -0.146. The summed E-state index contributed by atoms with van der Waals surface area (Å²) in [4.78, 5) is 52.9. The summed E-state index contributed by atoms with van der Waals surface area (Å²) in [7, 11) is 1.42. The molecule has 1 saturated carbocycles. The lowest BCUT2D eigenvalue weighted by Crippen LogP contribution is -2.60. The van der Waals surface area contributed by atoms with Crippen molar-refractivity contribution < 1.29 is 29.0 Å². The van der Waals surface area contributed by atoms with E-state index in [0.717, 1.165) is 4.90 Å². The molecule has 198 valence electrons. The Morgan fingerprint density at radius 3 is 2.35 bits per heavy atom. The van der Waals surface area contributed by atoms with Gasteiger partial charge in [0.25, 0.3) is 11.8 Å². The van der Waals surface area contributed by atoms with E-state index in [1.165, 1.54) is 18.1 Å². The largest absolute Gasteiger partial charge is 0.504 e. The van der Waals surface area contributed by atoms with Crippen LogP contribution in [0.15, 0.2) is 29.8 Å². The molecule has 2 aliphatic carbocycles. The number of amides is 4. The van der Waals surface area contributed by atoms with Gasteiger partial charge in [0.15, 0.2) is 21.2 Å². The third-order valence-electron chi connectivity index (χ3n) is 8.22. The normalized spacial score (nSPS) is 35.4. The molecular formula is C26H27BrCl2N2O6. The van der Waals surface area contributed by atoms with Crippen molar-refractivity contribution in [2.24, 2.45) is 17.8 Å². The average molecular weight is 614 g/mol. The van der Waals surface area contributed by atoms with Crippen LogP contribution in [0.1, 0.15) is 45.1 Å². The predicted molar refractivity (Wildman–Crippen MR) is 140 cm³/mol. The summed E-state index contributed by atoms with van der Waals surface area (Å²) >= 11 is 17.5. The van der Waals surface area contributed by atoms with Crippen molar-refractivity contribution in [3.8, 4) is 11.5 Å². The summed E-state index contributed by atoms with van der Waals surface area (Å²) in [6, 6.07) is 4.65. The maximum Gasteiger partial charge on any atom is 0.254 e. The first-order chi connectivity index (χ1) is 17.2. The van der Waals surface area contributed by atoms with E-state index in [0.29, 0.717) is 17.6 Å². The number of phenolic OH excluding ortho intramolecular Hbond substituents is 1. The standard InChI is InChI=1S/C26H27BrCl2N2O6/c1-24(2,3)31-20(33)14-7-6-13-15(18(14)21(31)34)10-25(28)22(35)30(11-27)23(36)26(25,29)19(13)12-5-8-17(37-4)16(32)9-12/h5-6,8-9,14-15,18-19,32H,7,10-11H2,1-4H3. The number of fused-ring (bicyclic) bond motifs is 4. The fraction of sp³-hybridized carbons (Fsp3) is 0.538. The van der Waals surface area contributed by atoms with Crippen LogP contribution in [0.25, 0.3) is 0 Å². The zero-order valence-electron chi connectivity index (χ0n) is 20.8. The van der Waals surface area contributed by atoms with Gasteiger partial charge in [0.1, 0.15) is 0 Å². The van der Waals surface area contributed by atoms with Crippen molar-refractivity contribution in [3.05, 3.63) is 35.4 Å². The highest BCUT2D eigenvalue weighted by molar-refractivity contribution is 9.09. The lowest BCUT2D eigenvalue weighted by atomic mass is 9.56. The topological polar surface area (TPSA) is 104 Å². The molecule has 8 nitrogen and oxygen atoms in total. The van der Waals surface area contributed by atoms with Gasteiger partial charge >= 0.3 is 0 Å². The molecule has 0 radical (unpaired) electrons. The zero-order chi connectivity index (χ0) is 27.2. The van der Waals surface area contributed by atoms with Crippen LogP contribution in [0.2, 0.25) is 0 Å². The maximum atomic E-state index is 13.8. The fourth-order valence-electron chi connectivity index (χ4n) is 6.67. The van der Waals surface area contributed by atoms with E-state index in [-0.39, 0.29) is 35.2 Å². The summed E-state index contributed by atoms with van der Waals surface area (Å²) in [6.07, 6.45) is 2.08. The first kappa shape index (κ1) is 26.5. The van der Waals surface area contributed by atoms with Gasteiger partial charge in [-0.15, -0.1) is 23.2 Å². The molecule has 2 saturated heterocycles. The van der Waals surface area contributed by atoms with Crippen LogP contribution in [0, 0.1) is 17.8 Å². The van der Waals surface area contributed by atoms with Gasteiger partial charge in [-0.3, -0.25) is 29.0 Å². The molecule has 1 N–H and O–H groups in total. The number of ether oxygens (including phenoxy) is 1. The zero-order valence-corrected chi connectivity index (χ0v) is 23.9. The van der Waals surface area contributed by atoms with E-state index < -0.39 is 50.8 Å². The van der Waals surface area contributed by atoms with Gasteiger partial charge < -0.3 is 9.84 Å². The van der Waals surface area contributed by atoms with Gasteiger partial charge in [-0.25, -0.2) is 0 Å². The van der Waals surface area contributed by atoms with Crippen LogP contribution in [0.5, 0.6) is 11.5 Å². The number of carbonyl (C=O) groups is 4. The SMILES string of the molecule is COc1ccc(C2C3=CCC4C(=O)N(C(C)(C)C)C(=O)C4C3CC3(Cl)C(=O)N(CBr)C(=O)C23Cl)cc1O. The van der Waals surface area contributed by atoms with E-state index in [2.05, 4.69) is 15.9 Å². The molecule has 4 amide bonds. The van der Waals surface area contributed by atoms with Gasteiger partial charge in [-0.05, 0) is 57.2 Å². The molecular weight excluding hydrogens is 587 g/mol. The number of methoxy groups -OCH3 is 1. The number of nitrogens with zero attached hydrogens (tertiary/aromatic N) is 2. The molecule has 11 heteroatoms. The number of rotatable bonds is 3. The number of allylic oxidation sites excluding steroid dienone is 2. The fourth-order valence-corrected chi connectivity index (χ4v) is 8.10. The van der Waals surface area contributed by atoms with Gasteiger partial charge in [0, 0.05) is 11.5 Å². The molecule has 2 heterocycles. The van der Waals surface area contributed by atoms with E-state index in [1.807, 2.05) is 6.08 Å². The highest BCUT2D eigenvalue weighted by atomic mass is 79.9. The minimum absolute atomic E-state index is 0.0746. The van der Waals surface area contributed by atoms with Gasteiger partial charge in [-0.1, -0.05) is 33.6 Å². The third kappa shape index (κ3) is 3.32. The second-order valence-corrected chi connectivity index (χ2v) is 12.8. The number of halogens is 3. The van der Waals surface area contributed by atoms with E-state index in [9.17, 15) is 24.3 Å². The van der Waals surface area contributed by atoms with Gasteiger partial charge in [0.05, 0.1) is 24.4 Å². The number of hydrogen-bond donors (Lipinski definition) is 1. The van der Waals surface area contributed by atoms with Crippen molar-refractivity contribution in [2.45, 2.75) is 54.8 Å². The molecule has 4 aliphatic rings. The molecule has 37 heavy (non-hydrogen) atoms. The van der Waals surface area contributed by atoms with Crippen LogP contribution in [-0.2, 0) is 19.2 Å². The van der Waals surface area contributed by atoms with E-state index in [1.54, 1.807) is 32.9 Å². The molecule has 6 unspecified atom stereocenters. The average Bonchev–Trinajstić information content (AvgIpc) is 3.17. The highest BCUT2D eigenvalue weighted by Crippen LogP contribution is 2.65. The van der Waals surface area contributed by atoms with Crippen molar-refractivity contribution >= 4 is 62.8 Å². The molecule has 0 aromatic heterocycles. The van der Waals surface area contributed by atoms with Crippen molar-refractivity contribution in [3.63, 3.8) is 0 Å². The summed E-state index contributed by atoms with van der Waals surface area (Å²) in [5.74, 6) is -4.68. The molecule has 2 aliphatic heterocycles. The van der Waals surface area contributed by atoms with Crippen LogP contribution >= 0.6 is 39.1 Å². The highest BCUT2D eigenvalue weighted by Gasteiger charge is 2.76. The Balaban J connectivity index is 1.72. The Labute approximate surface area is 233 Å². The maximum absolute atomic E-state index is 13.8. The van der Waals surface area contributed by atoms with Crippen LogP contribution in [-0.4, -0.2) is 66.4 Å². The van der Waals surface area contributed by atoms with Crippen molar-refractivity contribution in [1.29, 1.82) is 0 Å². The van der Waals surface area contributed by atoms with Gasteiger partial charge in [0.2, 0.25) is 11.8 Å². The monoisotopic (exact) mass is 612 g/mol. The number of phenols is 1. The summed E-state index contributed by atoms with van der Waals surface area (Å²) in [5.41, 5.74) is 0.308. The third-order valence-corrected chi connectivity index (χ3v) is 10.1.